The Labute approximate surface area is 131 Å². The molecule has 24 heavy (non-hydrogen) atoms. The Morgan fingerprint density at radius 1 is 0.750 bits per heavy atom. The minimum Gasteiger partial charge on any atom is -0.219 e. The molecule has 0 aliphatic heterocycles. The molecule has 0 atom stereocenters. The van der Waals surface area contributed by atoms with E-state index in [1.54, 1.807) is 0 Å². The summed E-state index contributed by atoms with van der Waals surface area (Å²) in [5.41, 5.74) is -8.96. The summed E-state index contributed by atoms with van der Waals surface area (Å²) in [5.74, 6) is 0. The van der Waals surface area contributed by atoms with Crippen molar-refractivity contribution in [3.63, 3.8) is 0 Å². The van der Waals surface area contributed by atoms with Crippen LogP contribution in [0.15, 0.2) is 36.0 Å². The standard InChI is InChI=1S/C14H14F10/c1-8(10(2,3)4)7-9(12(16,17)18)5-6-11(15,13(19,20)21)14(22,23)24/h5-7H,1H2,2-4H3/b6-5+,9-7+. The van der Waals surface area contributed by atoms with E-state index in [1.165, 1.54) is 20.8 Å². The highest BCUT2D eigenvalue weighted by atomic mass is 19.4. The molecule has 0 fully saturated rings. The lowest BCUT2D eigenvalue weighted by Gasteiger charge is -2.27. The van der Waals surface area contributed by atoms with E-state index in [1.807, 2.05) is 0 Å². The van der Waals surface area contributed by atoms with Gasteiger partial charge in [-0.25, -0.2) is 4.39 Å². The molecule has 0 aliphatic rings. The second kappa shape index (κ2) is 6.44. The van der Waals surface area contributed by atoms with Crippen molar-refractivity contribution >= 4 is 0 Å². The lowest BCUT2D eigenvalue weighted by atomic mass is 9.86. The Balaban J connectivity index is 6.12. The largest absolute Gasteiger partial charge is 0.435 e. The lowest BCUT2D eigenvalue weighted by Crippen LogP contribution is -2.51. The summed E-state index contributed by atoms with van der Waals surface area (Å²) < 4.78 is 126. The van der Waals surface area contributed by atoms with Crippen LogP contribution >= 0.6 is 0 Å². The maximum absolute atomic E-state index is 13.4. The number of rotatable bonds is 3. The molecule has 0 spiro atoms. The molecule has 0 aromatic carbocycles. The maximum atomic E-state index is 13.4. The van der Waals surface area contributed by atoms with Crippen molar-refractivity contribution in [3.05, 3.63) is 36.0 Å². The van der Waals surface area contributed by atoms with E-state index in [9.17, 15) is 43.9 Å². The van der Waals surface area contributed by atoms with Crippen LogP contribution in [-0.4, -0.2) is 24.2 Å². The van der Waals surface area contributed by atoms with Gasteiger partial charge in [0.05, 0.1) is 5.57 Å². The average Bonchev–Trinajstić information content (AvgIpc) is 2.27. The maximum Gasteiger partial charge on any atom is 0.435 e. The van der Waals surface area contributed by atoms with Crippen molar-refractivity contribution in [2.45, 2.75) is 45.0 Å². The summed E-state index contributed by atoms with van der Waals surface area (Å²) in [6.07, 6.45) is -19.8. The van der Waals surface area contributed by atoms with Crippen molar-refractivity contribution < 1.29 is 43.9 Å². The highest BCUT2D eigenvalue weighted by Gasteiger charge is 2.71. The SMILES string of the molecule is C=C(/C=C(\C=C\C(F)(C(F)(F)F)C(F)(F)F)C(F)(F)F)C(C)(C)C. The van der Waals surface area contributed by atoms with Gasteiger partial charge in [-0.05, 0) is 23.1 Å². The van der Waals surface area contributed by atoms with Crippen molar-refractivity contribution in [1.82, 2.24) is 0 Å². The predicted molar refractivity (Wildman–Crippen MR) is 67.8 cm³/mol. The van der Waals surface area contributed by atoms with Gasteiger partial charge in [-0.1, -0.05) is 33.4 Å². The quantitative estimate of drug-likeness (QED) is 0.394. The van der Waals surface area contributed by atoms with Gasteiger partial charge in [0, 0.05) is 0 Å². The molecule has 0 nitrogen and oxygen atoms in total. The topological polar surface area (TPSA) is 0 Å². The van der Waals surface area contributed by atoms with Crippen molar-refractivity contribution in [3.8, 4) is 0 Å². The second-order valence-electron chi connectivity index (χ2n) is 5.91. The average molecular weight is 372 g/mol. The molecule has 0 N–H and O–H groups in total. The smallest absolute Gasteiger partial charge is 0.219 e. The number of alkyl halides is 10. The van der Waals surface area contributed by atoms with Gasteiger partial charge in [0.25, 0.3) is 0 Å². The van der Waals surface area contributed by atoms with E-state index in [0.717, 1.165) is 0 Å². The normalized spacial score (nSPS) is 16.0. The van der Waals surface area contributed by atoms with Crippen LogP contribution in [0.4, 0.5) is 43.9 Å². The summed E-state index contributed by atoms with van der Waals surface area (Å²) in [6, 6.07) is 0. The molecule has 10 heteroatoms. The first-order valence-corrected chi connectivity index (χ1v) is 6.23. The molecule has 140 valence electrons. The third-order valence-electron chi connectivity index (χ3n) is 2.94. The molecule has 0 radical (unpaired) electrons. The summed E-state index contributed by atoms with van der Waals surface area (Å²) >= 11 is 0. The number of halogens is 10. The van der Waals surface area contributed by atoms with E-state index < -0.39 is 47.3 Å². The molecule has 0 aromatic heterocycles. The summed E-state index contributed by atoms with van der Waals surface area (Å²) in [4.78, 5) is 0. The molecule has 0 unspecified atom stereocenters. The molecule has 0 heterocycles. The van der Waals surface area contributed by atoms with Gasteiger partial charge in [0.1, 0.15) is 0 Å². The van der Waals surface area contributed by atoms with Crippen LogP contribution in [0.25, 0.3) is 0 Å². The fraction of sp³-hybridized carbons (Fsp3) is 0.571. The van der Waals surface area contributed by atoms with Crippen LogP contribution in [0.2, 0.25) is 0 Å². The van der Waals surface area contributed by atoms with Gasteiger partial charge in [0.15, 0.2) is 0 Å². The Morgan fingerprint density at radius 2 is 1.12 bits per heavy atom. The van der Waals surface area contributed by atoms with E-state index in [0.29, 0.717) is 0 Å². The first-order chi connectivity index (χ1) is 10.2. The van der Waals surface area contributed by atoms with Gasteiger partial charge < -0.3 is 0 Å². The Hall–Kier alpha value is -1.48. The van der Waals surface area contributed by atoms with Crippen LogP contribution in [-0.2, 0) is 0 Å². The van der Waals surface area contributed by atoms with Crippen LogP contribution in [0.1, 0.15) is 20.8 Å². The van der Waals surface area contributed by atoms with Crippen LogP contribution in [0.3, 0.4) is 0 Å². The van der Waals surface area contributed by atoms with Crippen molar-refractivity contribution in [2.24, 2.45) is 5.41 Å². The zero-order valence-electron chi connectivity index (χ0n) is 12.7. The number of hydrogen-bond donors (Lipinski definition) is 0. The minimum absolute atomic E-state index is 0.219. The van der Waals surface area contributed by atoms with Gasteiger partial charge >= 0.3 is 24.2 Å². The number of hydrogen-bond acceptors (Lipinski definition) is 0. The molecule has 0 bridgehead atoms. The van der Waals surface area contributed by atoms with Crippen LogP contribution < -0.4 is 0 Å². The van der Waals surface area contributed by atoms with Crippen LogP contribution in [0, 0.1) is 5.41 Å². The molecular formula is C14H14F10. The van der Waals surface area contributed by atoms with Crippen molar-refractivity contribution in [2.75, 3.05) is 0 Å². The monoisotopic (exact) mass is 372 g/mol. The molecule has 0 aliphatic carbocycles. The predicted octanol–water partition coefficient (Wildman–Crippen LogP) is 6.47. The Kier molecular flexibility index (Phi) is 6.04. The summed E-state index contributed by atoms with van der Waals surface area (Å²) in [7, 11) is 0. The first kappa shape index (κ1) is 22.5. The molecule has 0 amide bonds. The zero-order chi connectivity index (χ0) is 19.8. The molecule has 0 rings (SSSR count). The Bertz CT molecular complexity index is 506. The summed E-state index contributed by atoms with van der Waals surface area (Å²) in [5, 5.41) is 0. The summed E-state index contributed by atoms with van der Waals surface area (Å²) in [6.45, 7) is 7.55. The van der Waals surface area contributed by atoms with Gasteiger partial charge in [-0.3, -0.25) is 0 Å². The third kappa shape index (κ3) is 5.27. The highest BCUT2D eigenvalue weighted by molar-refractivity contribution is 5.36. The highest BCUT2D eigenvalue weighted by Crippen LogP contribution is 2.47. The van der Waals surface area contributed by atoms with E-state index >= 15 is 0 Å². The second-order valence-corrected chi connectivity index (χ2v) is 5.91. The van der Waals surface area contributed by atoms with Gasteiger partial charge in [0.2, 0.25) is 0 Å². The molecule has 0 saturated carbocycles. The molecule has 0 saturated heterocycles. The van der Waals surface area contributed by atoms with Crippen molar-refractivity contribution in [1.29, 1.82) is 0 Å². The Morgan fingerprint density at radius 3 is 1.38 bits per heavy atom. The van der Waals surface area contributed by atoms with E-state index in [4.69, 9.17) is 0 Å². The minimum atomic E-state index is -6.47. The lowest BCUT2D eigenvalue weighted by molar-refractivity contribution is -0.322. The van der Waals surface area contributed by atoms with E-state index in [2.05, 4.69) is 6.58 Å². The fourth-order valence-corrected chi connectivity index (χ4v) is 1.18. The molecule has 0 aromatic rings. The number of allylic oxidation sites excluding steroid dienone is 5. The fourth-order valence-electron chi connectivity index (χ4n) is 1.18. The molecular weight excluding hydrogens is 358 g/mol. The third-order valence-corrected chi connectivity index (χ3v) is 2.94. The first-order valence-electron chi connectivity index (χ1n) is 6.23. The van der Waals surface area contributed by atoms with E-state index in [-0.39, 0.29) is 11.6 Å². The van der Waals surface area contributed by atoms with Gasteiger partial charge in [-0.15, -0.1) is 0 Å². The van der Waals surface area contributed by atoms with Gasteiger partial charge in [-0.2, -0.15) is 39.5 Å². The zero-order valence-corrected chi connectivity index (χ0v) is 12.7. The van der Waals surface area contributed by atoms with Crippen LogP contribution in [0.5, 0.6) is 0 Å².